The Bertz CT molecular complexity index is 689. The van der Waals surface area contributed by atoms with Crippen LogP contribution in [-0.2, 0) is 13.0 Å². The first-order chi connectivity index (χ1) is 10.3. The maximum Gasteiger partial charge on any atom is 0.315 e. The summed E-state index contributed by atoms with van der Waals surface area (Å²) in [4.78, 5) is 0. The van der Waals surface area contributed by atoms with Gasteiger partial charge < -0.3 is 9.73 Å². The lowest BCUT2D eigenvalue weighted by Crippen LogP contribution is -2.02. The third-order valence-corrected chi connectivity index (χ3v) is 3.02. The fourth-order valence-corrected chi connectivity index (χ4v) is 1.99. The predicted molar refractivity (Wildman–Crippen MR) is 79.2 cm³/mol. The summed E-state index contributed by atoms with van der Waals surface area (Å²) in [5.41, 5.74) is 1.95. The molecule has 0 amide bonds. The summed E-state index contributed by atoms with van der Waals surface area (Å²) in [5, 5.41) is 15.5. The van der Waals surface area contributed by atoms with Crippen LogP contribution in [0.1, 0.15) is 24.9 Å². The smallest absolute Gasteiger partial charge is 0.315 e. The molecule has 0 bridgehead atoms. The van der Waals surface area contributed by atoms with Crippen molar-refractivity contribution in [3.8, 4) is 5.69 Å². The monoisotopic (exact) mass is 283 g/mol. The zero-order valence-corrected chi connectivity index (χ0v) is 11.9. The van der Waals surface area contributed by atoms with Crippen molar-refractivity contribution in [2.24, 2.45) is 0 Å². The summed E-state index contributed by atoms with van der Waals surface area (Å²) in [6, 6.07) is 12.4. The summed E-state index contributed by atoms with van der Waals surface area (Å²) < 4.78 is 7.31. The zero-order chi connectivity index (χ0) is 14.5. The second-order valence-corrected chi connectivity index (χ2v) is 4.69. The minimum absolute atomic E-state index is 0.438. The fraction of sp³-hybridized carbons (Fsp3) is 0.267. The van der Waals surface area contributed by atoms with Crippen LogP contribution in [0.2, 0.25) is 0 Å². The summed E-state index contributed by atoms with van der Waals surface area (Å²) in [7, 11) is 0. The van der Waals surface area contributed by atoms with E-state index in [9.17, 15) is 0 Å². The molecule has 0 saturated carbocycles. The lowest BCUT2D eigenvalue weighted by molar-refractivity contribution is 0.500. The second kappa shape index (κ2) is 6.21. The largest absolute Gasteiger partial charge is 0.408 e. The highest BCUT2D eigenvalue weighted by Gasteiger charge is 2.06. The number of aromatic nitrogens is 4. The van der Waals surface area contributed by atoms with E-state index in [1.54, 1.807) is 0 Å². The molecule has 0 aliphatic rings. The number of anilines is 1. The number of nitrogens with zero attached hydrogens (tertiary/aromatic N) is 4. The third-order valence-electron chi connectivity index (χ3n) is 3.02. The van der Waals surface area contributed by atoms with Gasteiger partial charge in [-0.15, -0.1) is 5.10 Å². The highest BCUT2D eigenvalue weighted by Crippen LogP contribution is 2.10. The van der Waals surface area contributed by atoms with Crippen molar-refractivity contribution in [1.82, 2.24) is 20.0 Å². The predicted octanol–water partition coefficient (Wildman–Crippen LogP) is 2.82. The zero-order valence-electron chi connectivity index (χ0n) is 11.9. The van der Waals surface area contributed by atoms with Gasteiger partial charge in [-0.1, -0.05) is 30.2 Å². The van der Waals surface area contributed by atoms with E-state index in [0.717, 1.165) is 24.2 Å². The van der Waals surface area contributed by atoms with Gasteiger partial charge in [-0.25, -0.2) is 4.68 Å². The minimum Gasteiger partial charge on any atom is -0.408 e. The highest BCUT2D eigenvalue weighted by atomic mass is 16.4. The molecule has 2 aromatic heterocycles. The Morgan fingerprint density at radius 3 is 2.81 bits per heavy atom. The summed E-state index contributed by atoms with van der Waals surface area (Å²) >= 11 is 0. The van der Waals surface area contributed by atoms with Gasteiger partial charge in [-0.3, -0.25) is 0 Å². The molecule has 0 aliphatic heterocycles. The number of benzene rings is 1. The molecule has 0 spiro atoms. The Morgan fingerprint density at radius 1 is 1.14 bits per heavy atom. The van der Waals surface area contributed by atoms with Gasteiger partial charge in [-0.2, -0.15) is 5.10 Å². The van der Waals surface area contributed by atoms with Crippen LogP contribution in [0.15, 0.2) is 47.0 Å². The maximum atomic E-state index is 5.47. The summed E-state index contributed by atoms with van der Waals surface area (Å²) in [6.07, 6.45) is 3.73. The number of hydrogen-bond acceptors (Lipinski definition) is 5. The van der Waals surface area contributed by atoms with Crippen LogP contribution in [0.25, 0.3) is 5.69 Å². The van der Waals surface area contributed by atoms with Crippen LogP contribution in [0, 0.1) is 0 Å². The van der Waals surface area contributed by atoms with Crippen LogP contribution in [-0.4, -0.2) is 20.0 Å². The number of nitrogens with one attached hydrogen (secondary N) is 1. The van der Waals surface area contributed by atoms with Crippen LogP contribution >= 0.6 is 0 Å². The molecule has 3 aromatic rings. The Balaban J connectivity index is 1.62. The van der Waals surface area contributed by atoms with Gasteiger partial charge in [0.15, 0.2) is 0 Å². The molecule has 3 rings (SSSR count). The molecular formula is C15H17N5O. The Kier molecular flexibility index (Phi) is 3.95. The van der Waals surface area contributed by atoms with Gasteiger partial charge >= 0.3 is 6.01 Å². The molecule has 0 atom stereocenters. The lowest BCUT2D eigenvalue weighted by atomic mass is 10.3. The molecule has 0 saturated heterocycles. The van der Waals surface area contributed by atoms with E-state index < -0.39 is 0 Å². The average molecular weight is 283 g/mol. The molecule has 6 nitrogen and oxygen atoms in total. The molecule has 0 aliphatic carbocycles. The fourth-order valence-electron chi connectivity index (χ4n) is 1.99. The molecule has 21 heavy (non-hydrogen) atoms. The van der Waals surface area contributed by atoms with Crippen LogP contribution in [0.4, 0.5) is 6.01 Å². The van der Waals surface area contributed by atoms with Crippen molar-refractivity contribution in [3.63, 3.8) is 0 Å². The van der Waals surface area contributed by atoms with Crippen molar-refractivity contribution in [2.75, 3.05) is 5.32 Å². The lowest BCUT2D eigenvalue weighted by Gasteiger charge is -2.00. The van der Waals surface area contributed by atoms with E-state index in [2.05, 4.69) is 27.5 Å². The molecule has 0 unspecified atom stereocenters. The Morgan fingerprint density at radius 2 is 2.00 bits per heavy atom. The molecule has 6 heteroatoms. The summed E-state index contributed by atoms with van der Waals surface area (Å²) in [6.45, 7) is 2.63. The standard InChI is InChI=1S/C15H17N5O/c1-2-6-14-17-18-15(21-14)16-11-12-9-10-20(19-12)13-7-4-3-5-8-13/h3-5,7-10H,2,6,11H2,1H3,(H,16,18). The third kappa shape index (κ3) is 3.28. The number of rotatable bonds is 6. The number of aryl methyl sites for hydroxylation is 1. The topological polar surface area (TPSA) is 68.8 Å². The first kappa shape index (κ1) is 13.4. The van der Waals surface area contributed by atoms with Gasteiger partial charge in [0.25, 0.3) is 0 Å². The van der Waals surface area contributed by atoms with Crippen molar-refractivity contribution in [3.05, 3.63) is 54.2 Å². The van der Waals surface area contributed by atoms with Crippen molar-refractivity contribution in [2.45, 2.75) is 26.3 Å². The SMILES string of the molecule is CCCc1nnc(NCc2ccn(-c3ccccc3)n2)o1. The van der Waals surface area contributed by atoms with Crippen molar-refractivity contribution >= 4 is 6.01 Å². The van der Waals surface area contributed by atoms with Crippen LogP contribution in [0.3, 0.4) is 0 Å². The average Bonchev–Trinajstić information content (AvgIpc) is 3.16. The van der Waals surface area contributed by atoms with Crippen LogP contribution < -0.4 is 5.32 Å². The van der Waals surface area contributed by atoms with E-state index in [1.165, 1.54) is 0 Å². The van der Waals surface area contributed by atoms with E-state index in [-0.39, 0.29) is 0 Å². The molecule has 2 heterocycles. The number of hydrogen-bond donors (Lipinski definition) is 1. The van der Waals surface area contributed by atoms with Crippen molar-refractivity contribution in [1.29, 1.82) is 0 Å². The van der Waals surface area contributed by atoms with Crippen molar-refractivity contribution < 1.29 is 4.42 Å². The Hall–Kier alpha value is -2.63. The first-order valence-corrected chi connectivity index (χ1v) is 7.01. The van der Waals surface area contributed by atoms with E-state index >= 15 is 0 Å². The first-order valence-electron chi connectivity index (χ1n) is 7.01. The quantitative estimate of drug-likeness (QED) is 0.753. The molecule has 108 valence electrons. The molecule has 1 N–H and O–H groups in total. The Labute approximate surface area is 122 Å². The summed E-state index contributed by atoms with van der Waals surface area (Å²) in [5.74, 6) is 0.662. The van der Waals surface area contributed by atoms with Gasteiger partial charge in [-0.05, 0) is 24.6 Å². The molecular weight excluding hydrogens is 266 g/mol. The van der Waals surface area contributed by atoms with Gasteiger partial charge in [0.2, 0.25) is 5.89 Å². The minimum atomic E-state index is 0.438. The highest BCUT2D eigenvalue weighted by molar-refractivity contribution is 5.30. The molecule has 1 aromatic carbocycles. The van der Waals surface area contributed by atoms with E-state index in [0.29, 0.717) is 18.5 Å². The van der Waals surface area contributed by atoms with E-state index in [1.807, 2.05) is 47.3 Å². The van der Waals surface area contributed by atoms with Gasteiger partial charge in [0.05, 0.1) is 17.9 Å². The van der Waals surface area contributed by atoms with E-state index in [4.69, 9.17) is 4.42 Å². The normalized spacial score (nSPS) is 10.7. The van der Waals surface area contributed by atoms with Gasteiger partial charge in [0, 0.05) is 12.6 Å². The number of para-hydroxylation sites is 1. The second-order valence-electron chi connectivity index (χ2n) is 4.69. The van der Waals surface area contributed by atoms with Crippen LogP contribution in [0.5, 0.6) is 0 Å². The molecule has 0 radical (unpaired) electrons. The maximum absolute atomic E-state index is 5.47. The van der Waals surface area contributed by atoms with Gasteiger partial charge in [0.1, 0.15) is 0 Å². The molecule has 0 fully saturated rings.